The van der Waals surface area contributed by atoms with Crippen LogP contribution in [0.1, 0.15) is 5.69 Å². The van der Waals surface area contributed by atoms with Crippen LogP contribution in [-0.4, -0.2) is 29.8 Å². The molecule has 0 bridgehead atoms. The first kappa shape index (κ1) is 9.71. The fraction of sp³-hybridized carbons (Fsp3) is 0.273. The molecule has 4 heteroatoms. The van der Waals surface area contributed by atoms with Crippen LogP contribution in [0.5, 0.6) is 0 Å². The van der Waals surface area contributed by atoms with Gasteiger partial charge in [-0.2, -0.15) is 0 Å². The van der Waals surface area contributed by atoms with Gasteiger partial charge in [0.1, 0.15) is 17.8 Å². The summed E-state index contributed by atoms with van der Waals surface area (Å²) in [5.41, 5.74) is 1.79. The minimum absolute atomic E-state index is 0.395. The van der Waals surface area contributed by atoms with Gasteiger partial charge in [-0.1, -0.05) is 6.07 Å². The van der Waals surface area contributed by atoms with E-state index in [4.69, 9.17) is 0 Å². The van der Waals surface area contributed by atoms with Crippen molar-refractivity contribution < 1.29 is 4.79 Å². The Morgan fingerprint density at radius 3 is 2.93 bits per heavy atom. The number of rotatable bonds is 3. The highest BCUT2D eigenvalue weighted by Crippen LogP contribution is 2.17. The topological polar surface area (TPSA) is 37.6 Å². The molecule has 2 rings (SSSR count). The number of aldehydes is 1. The van der Waals surface area contributed by atoms with Crippen LogP contribution in [0.15, 0.2) is 24.4 Å². The molecule has 0 aromatic carbocycles. The van der Waals surface area contributed by atoms with E-state index in [0.29, 0.717) is 6.42 Å². The van der Waals surface area contributed by atoms with Crippen LogP contribution in [0.4, 0.5) is 5.82 Å². The summed E-state index contributed by atoms with van der Waals surface area (Å²) in [4.78, 5) is 16.8. The van der Waals surface area contributed by atoms with E-state index in [1.54, 1.807) is 6.20 Å². The highest BCUT2D eigenvalue weighted by Gasteiger charge is 2.07. The summed E-state index contributed by atoms with van der Waals surface area (Å²) in [5, 5.41) is 0. The number of imidazole rings is 1. The number of carbonyl (C=O) groups is 1. The molecular formula is C11H13N3O. The number of anilines is 1. The fourth-order valence-electron chi connectivity index (χ4n) is 1.66. The molecule has 15 heavy (non-hydrogen) atoms. The quantitative estimate of drug-likeness (QED) is 0.702. The van der Waals surface area contributed by atoms with Crippen molar-refractivity contribution in [2.75, 3.05) is 19.0 Å². The van der Waals surface area contributed by atoms with Crippen LogP contribution < -0.4 is 4.90 Å². The summed E-state index contributed by atoms with van der Waals surface area (Å²) in [6.07, 6.45) is 3.04. The first-order valence-electron chi connectivity index (χ1n) is 4.80. The van der Waals surface area contributed by atoms with Crippen LogP contribution in [0, 0.1) is 0 Å². The lowest BCUT2D eigenvalue weighted by Gasteiger charge is -2.15. The minimum Gasteiger partial charge on any atom is -0.364 e. The predicted octanol–water partition coefficient (Wildman–Crippen LogP) is 1.14. The maximum atomic E-state index is 10.5. The number of hydrogen-bond donors (Lipinski definition) is 0. The van der Waals surface area contributed by atoms with E-state index in [1.165, 1.54) is 0 Å². The average Bonchev–Trinajstić information content (AvgIpc) is 2.62. The van der Waals surface area contributed by atoms with Gasteiger partial charge in [-0.25, -0.2) is 4.98 Å². The fourth-order valence-corrected chi connectivity index (χ4v) is 1.66. The molecule has 0 saturated heterocycles. The number of carbonyl (C=O) groups excluding carboxylic acids is 1. The molecule has 2 aromatic rings. The molecule has 0 spiro atoms. The summed E-state index contributed by atoms with van der Waals surface area (Å²) < 4.78 is 1.99. The van der Waals surface area contributed by atoms with Gasteiger partial charge >= 0.3 is 0 Å². The summed E-state index contributed by atoms with van der Waals surface area (Å²) in [6.45, 7) is 0. The molecule has 0 saturated carbocycles. The second-order valence-corrected chi connectivity index (χ2v) is 3.59. The normalized spacial score (nSPS) is 10.5. The van der Waals surface area contributed by atoms with Gasteiger partial charge in [-0.3, -0.25) is 4.40 Å². The van der Waals surface area contributed by atoms with E-state index < -0.39 is 0 Å². The second-order valence-electron chi connectivity index (χ2n) is 3.59. The van der Waals surface area contributed by atoms with Crippen LogP contribution >= 0.6 is 0 Å². The molecule has 0 fully saturated rings. The third-order valence-corrected chi connectivity index (χ3v) is 2.33. The largest absolute Gasteiger partial charge is 0.364 e. The number of nitrogens with zero attached hydrogens (tertiary/aromatic N) is 3. The van der Waals surface area contributed by atoms with Crippen molar-refractivity contribution >= 4 is 17.8 Å². The van der Waals surface area contributed by atoms with E-state index in [2.05, 4.69) is 4.98 Å². The van der Waals surface area contributed by atoms with Crippen molar-refractivity contribution in [3.05, 3.63) is 30.1 Å². The molecule has 0 aliphatic rings. The zero-order valence-corrected chi connectivity index (χ0v) is 8.84. The van der Waals surface area contributed by atoms with Crippen molar-refractivity contribution in [3.63, 3.8) is 0 Å². The first-order chi connectivity index (χ1) is 7.24. The van der Waals surface area contributed by atoms with Crippen molar-refractivity contribution in [1.82, 2.24) is 9.38 Å². The first-order valence-corrected chi connectivity index (χ1v) is 4.80. The van der Waals surface area contributed by atoms with Gasteiger partial charge in [-0.15, -0.1) is 0 Å². The Morgan fingerprint density at radius 2 is 2.27 bits per heavy atom. The smallest absolute Gasteiger partial charge is 0.138 e. The summed E-state index contributed by atoms with van der Waals surface area (Å²) in [6, 6.07) is 5.90. The average molecular weight is 203 g/mol. The van der Waals surface area contributed by atoms with Gasteiger partial charge in [0.15, 0.2) is 0 Å². The molecular weight excluding hydrogens is 190 g/mol. The highest BCUT2D eigenvalue weighted by atomic mass is 16.1. The van der Waals surface area contributed by atoms with E-state index in [1.807, 2.05) is 41.6 Å². The van der Waals surface area contributed by atoms with Crippen molar-refractivity contribution in [3.8, 4) is 0 Å². The molecule has 2 aromatic heterocycles. The minimum atomic E-state index is 0.395. The van der Waals surface area contributed by atoms with E-state index in [0.717, 1.165) is 23.4 Å². The molecule has 78 valence electrons. The van der Waals surface area contributed by atoms with E-state index >= 15 is 0 Å². The lowest BCUT2D eigenvalue weighted by atomic mass is 10.3. The highest BCUT2D eigenvalue weighted by molar-refractivity contribution is 5.58. The molecule has 0 atom stereocenters. The van der Waals surface area contributed by atoms with Gasteiger partial charge in [-0.05, 0) is 12.1 Å². The molecule has 0 aliphatic carbocycles. The monoisotopic (exact) mass is 203 g/mol. The van der Waals surface area contributed by atoms with Gasteiger partial charge in [0.25, 0.3) is 0 Å². The zero-order valence-electron chi connectivity index (χ0n) is 8.84. The Kier molecular flexibility index (Phi) is 2.41. The van der Waals surface area contributed by atoms with Crippen LogP contribution in [0.25, 0.3) is 5.65 Å². The Hall–Kier alpha value is -1.84. The molecule has 0 N–H and O–H groups in total. The molecule has 4 nitrogen and oxygen atoms in total. The van der Waals surface area contributed by atoms with Crippen molar-refractivity contribution in [2.45, 2.75) is 6.42 Å². The van der Waals surface area contributed by atoms with Gasteiger partial charge in [0.2, 0.25) is 0 Å². The van der Waals surface area contributed by atoms with Crippen LogP contribution in [0.2, 0.25) is 0 Å². The van der Waals surface area contributed by atoms with Gasteiger partial charge in [0, 0.05) is 26.7 Å². The molecule has 0 unspecified atom stereocenters. The SMILES string of the molecule is CN(C)c1cccc2ncc(CC=O)n12. The summed E-state index contributed by atoms with van der Waals surface area (Å²) in [7, 11) is 3.94. The van der Waals surface area contributed by atoms with E-state index in [-0.39, 0.29) is 0 Å². The predicted molar refractivity (Wildman–Crippen MR) is 59.3 cm³/mol. The Morgan fingerprint density at radius 1 is 1.47 bits per heavy atom. The number of fused-ring (bicyclic) bond motifs is 1. The maximum Gasteiger partial charge on any atom is 0.138 e. The molecule has 2 heterocycles. The van der Waals surface area contributed by atoms with Crippen LogP contribution in [-0.2, 0) is 11.2 Å². The zero-order chi connectivity index (χ0) is 10.8. The van der Waals surface area contributed by atoms with Crippen molar-refractivity contribution in [2.24, 2.45) is 0 Å². The second kappa shape index (κ2) is 3.73. The van der Waals surface area contributed by atoms with E-state index in [9.17, 15) is 4.79 Å². The van der Waals surface area contributed by atoms with Crippen molar-refractivity contribution in [1.29, 1.82) is 0 Å². The maximum absolute atomic E-state index is 10.5. The summed E-state index contributed by atoms with van der Waals surface area (Å²) in [5.74, 6) is 1.03. The molecule has 0 amide bonds. The standard InChI is InChI=1S/C11H13N3O/c1-13(2)11-5-3-4-10-12-8-9(6-7-15)14(10)11/h3-5,7-8H,6H2,1-2H3. The third kappa shape index (κ3) is 1.58. The number of aromatic nitrogens is 2. The number of hydrogen-bond acceptors (Lipinski definition) is 3. The lowest BCUT2D eigenvalue weighted by molar-refractivity contribution is -0.107. The molecule has 0 aliphatic heterocycles. The Bertz CT molecular complexity index is 488. The van der Waals surface area contributed by atoms with Gasteiger partial charge < -0.3 is 9.69 Å². The third-order valence-electron chi connectivity index (χ3n) is 2.33. The number of pyridine rings is 1. The van der Waals surface area contributed by atoms with Gasteiger partial charge in [0.05, 0.1) is 5.69 Å². The Labute approximate surface area is 88.2 Å². The molecule has 0 radical (unpaired) electrons. The van der Waals surface area contributed by atoms with Crippen LogP contribution in [0.3, 0.4) is 0 Å². The lowest BCUT2D eigenvalue weighted by Crippen LogP contribution is -2.13. The summed E-state index contributed by atoms with van der Waals surface area (Å²) >= 11 is 0. The Balaban J connectivity index is 2.68.